The zero-order valence-corrected chi connectivity index (χ0v) is 15.1. The molecule has 0 unspecified atom stereocenters. The molecule has 2 N–H and O–H groups in total. The lowest BCUT2D eigenvalue weighted by Gasteiger charge is -2.13. The summed E-state index contributed by atoms with van der Waals surface area (Å²) >= 11 is 0. The van der Waals surface area contributed by atoms with Crippen LogP contribution in [0.3, 0.4) is 0 Å². The van der Waals surface area contributed by atoms with Crippen LogP contribution in [0.2, 0.25) is 0 Å². The van der Waals surface area contributed by atoms with E-state index in [1.165, 1.54) is 9.80 Å². The Bertz CT molecular complexity index is 821. The van der Waals surface area contributed by atoms with Gasteiger partial charge in [-0.25, -0.2) is 4.79 Å². The molecule has 1 heterocycles. The molecule has 0 aromatic heterocycles. The average Bonchev–Trinajstić information content (AvgIpc) is 2.90. The molecule has 0 atom stereocenters. The molecule has 4 amide bonds. The smallest absolute Gasteiger partial charge is 0.326 e. The number of para-hydroxylation sites is 1. The second-order valence-electron chi connectivity index (χ2n) is 6.40. The number of anilines is 3. The fraction of sp³-hybridized carbons (Fsp3) is 0.250. The van der Waals surface area contributed by atoms with Gasteiger partial charge in [-0.2, -0.15) is 0 Å². The summed E-state index contributed by atoms with van der Waals surface area (Å²) < 4.78 is 0. The van der Waals surface area contributed by atoms with Crippen molar-refractivity contribution in [1.29, 1.82) is 0 Å². The highest BCUT2D eigenvalue weighted by Crippen LogP contribution is 2.19. The van der Waals surface area contributed by atoms with E-state index in [2.05, 4.69) is 10.6 Å². The van der Waals surface area contributed by atoms with Crippen molar-refractivity contribution in [2.24, 2.45) is 0 Å². The lowest BCUT2D eigenvalue weighted by Crippen LogP contribution is -2.32. The summed E-state index contributed by atoms with van der Waals surface area (Å²) in [5.74, 6) is -0.365. The van der Waals surface area contributed by atoms with E-state index in [0.717, 1.165) is 11.4 Å². The van der Waals surface area contributed by atoms with E-state index in [-0.39, 0.29) is 37.4 Å². The maximum absolute atomic E-state index is 12.1. The first-order chi connectivity index (χ1) is 13.0. The molecule has 7 nitrogen and oxygen atoms in total. The number of urea groups is 1. The summed E-state index contributed by atoms with van der Waals surface area (Å²) in [7, 11) is 1.59. The second kappa shape index (κ2) is 8.35. The first-order valence-electron chi connectivity index (χ1n) is 8.80. The molecule has 0 saturated carbocycles. The maximum atomic E-state index is 12.1. The predicted molar refractivity (Wildman–Crippen MR) is 104 cm³/mol. The van der Waals surface area contributed by atoms with Gasteiger partial charge < -0.3 is 15.5 Å². The van der Waals surface area contributed by atoms with Gasteiger partial charge in [0.25, 0.3) is 0 Å². The van der Waals surface area contributed by atoms with Gasteiger partial charge in [-0.3, -0.25) is 14.5 Å². The van der Waals surface area contributed by atoms with Gasteiger partial charge in [-0.05, 0) is 42.8 Å². The number of nitrogens with zero attached hydrogens (tertiary/aromatic N) is 2. The Hall–Kier alpha value is -3.35. The number of carbonyl (C=O) groups is 3. The molecule has 2 aromatic rings. The Labute approximate surface area is 158 Å². The third-order valence-corrected chi connectivity index (χ3v) is 4.25. The molecular formula is C20H22N4O3. The van der Waals surface area contributed by atoms with Crippen LogP contribution in [0.25, 0.3) is 0 Å². The monoisotopic (exact) mass is 366 g/mol. The van der Waals surface area contributed by atoms with Crippen LogP contribution in [0.1, 0.15) is 12.8 Å². The van der Waals surface area contributed by atoms with Gasteiger partial charge in [0.15, 0.2) is 0 Å². The van der Waals surface area contributed by atoms with E-state index in [1.807, 2.05) is 54.6 Å². The van der Waals surface area contributed by atoms with Crippen molar-refractivity contribution < 1.29 is 14.4 Å². The lowest BCUT2D eigenvalue weighted by molar-refractivity contribution is -0.125. The predicted octanol–water partition coefficient (Wildman–Crippen LogP) is 3.04. The molecule has 2 aromatic carbocycles. The fourth-order valence-corrected chi connectivity index (χ4v) is 2.84. The normalized spacial score (nSPS) is 13.8. The number of benzene rings is 2. The summed E-state index contributed by atoms with van der Waals surface area (Å²) in [4.78, 5) is 38.1. The summed E-state index contributed by atoms with van der Waals surface area (Å²) in [5.41, 5.74) is 2.62. The Kier molecular flexibility index (Phi) is 5.71. The van der Waals surface area contributed by atoms with E-state index in [4.69, 9.17) is 0 Å². The SMILES string of the molecule is CN1CC(=O)N(CCCC(=O)Nc2ccc(Nc3ccccc3)cc2)C1=O. The highest BCUT2D eigenvalue weighted by atomic mass is 16.2. The number of hydrogen-bond acceptors (Lipinski definition) is 4. The van der Waals surface area contributed by atoms with Crippen LogP contribution in [-0.4, -0.2) is 47.8 Å². The molecule has 0 radical (unpaired) electrons. The van der Waals surface area contributed by atoms with Crippen LogP contribution in [0, 0.1) is 0 Å². The standard InChI is InChI=1S/C20H22N4O3/c1-23-14-19(26)24(20(23)27)13-5-8-18(25)22-17-11-9-16(10-12-17)21-15-6-3-2-4-7-15/h2-4,6-7,9-12,21H,5,8,13-14H2,1H3,(H,22,25). The lowest BCUT2D eigenvalue weighted by atomic mass is 10.2. The highest BCUT2D eigenvalue weighted by molar-refractivity contribution is 6.01. The quantitative estimate of drug-likeness (QED) is 0.738. The van der Waals surface area contributed by atoms with Crippen LogP contribution < -0.4 is 10.6 Å². The van der Waals surface area contributed by atoms with E-state index >= 15 is 0 Å². The third-order valence-electron chi connectivity index (χ3n) is 4.25. The average molecular weight is 366 g/mol. The molecule has 140 valence electrons. The number of amides is 4. The second-order valence-corrected chi connectivity index (χ2v) is 6.40. The Morgan fingerprint density at radius 3 is 2.22 bits per heavy atom. The van der Waals surface area contributed by atoms with E-state index in [9.17, 15) is 14.4 Å². The molecule has 3 rings (SSSR count). The first kappa shape index (κ1) is 18.4. The minimum Gasteiger partial charge on any atom is -0.356 e. The molecule has 0 aliphatic carbocycles. The van der Waals surface area contributed by atoms with Crippen molar-refractivity contribution in [2.45, 2.75) is 12.8 Å². The van der Waals surface area contributed by atoms with Crippen LogP contribution in [-0.2, 0) is 9.59 Å². The number of rotatable bonds is 7. The molecule has 0 bridgehead atoms. The number of imide groups is 1. The number of likely N-dealkylation sites (N-methyl/N-ethyl adjacent to an activating group) is 1. The van der Waals surface area contributed by atoms with Crippen LogP contribution >= 0.6 is 0 Å². The van der Waals surface area contributed by atoms with Gasteiger partial charge in [0.05, 0.1) is 0 Å². The largest absolute Gasteiger partial charge is 0.356 e. The van der Waals surface area contributed by atoms with Gasteiger partial charge >= 0.3 is 6.03 Å². The minimum atomic E-state index is -0.304. The van der Waals surface area contributed by atoms with E-state index in [0.29, 0.717) is 12.1 Å². The molecule has 0 spiro atoms. The summed E-state index contributed by atoms with van der Waals surface area (Å²) in [6.45, 7) is 0.365. The van der Waals surface area contributed by atoms with E-state index in [1.54, 1.807) is 7.05 Å². The van der Waals surface area contributed by atoms with Crippen LogP contribution in [0.5, 0.6) is 0 Å². The van der Waals surface area contributed by atoms with Gasteiger partial charge in [0, 0.05) is 37.1 Å². The Morgan fingerprint density at radius 2 is 1.59 bits per heavy atom. The third kappa shape index (κ3) is 4.84. The van der Waals surface area contributed by atoms with Crippen molar-refractivity contribution in [3.05, 3.63) is 54.6 Å². The summed E-state index contributed by atoms with van der Waals surface area (Å²) in [6.07, 6.45) is 0.676. The van der Waals surface area contributed by atoms with Crippen molar-refractivity contribution in [1.82, 2.24) is 9.80 Å². The van der Waals surface area contributed by atoms with Gasteiger partial charge in [-0.15, -0.1) is 0 Å². The minimum absolute atomic E-state index is 0.106. The molecule has 1 aliphatic heterocycles. The number of hydrogen-bond donors (Lipinski definition) is 2. The van der Waals surface area contributed by atoms with Gasteiger partial charge in [-0.1, -0.05) is 18.2 Å². The zero-order chi connectivity index (χ0) is 19.2. The molecule has 1 aliphatic rings. The van der Waals surface area contributed by atoms with Crippen molar-refractivity contribution in [2.75, 3.05) is 30.8 Å². The van der Waals surface area contributed by atoms with Gasteiger partial charge in [0.2, 0.25) is 11.8 Å². The van der Waals surface area contributed by atoms with Crippen molar-refractivity contribution in [3.8, 4) is 0 Å². The van der Waals surface area contributed by atoms with Gasteiger partial charge in [0.1, 0.15) is 6.54 Å². The van der Waals surface area contributed by atoms with Crippen molar-refractivity contribution >= 4 is 34.9 Å². The highest BCUT2D eigenvalue weighted by Gasteiger charge is 2.32. The first-order valence-corrected chi connectivity index (χ1v) is 8.80. The van der Waals surface area contributed by atoms with Crippen LogP contribution in [0.15, 0.2) is 54.6 Å². The van der Waals surface area contributed by atoms with Crippen molar-refractivity contribution in [3.63, 3.8) is 0 Å². The van der Waals surface area contributed by atoms with E-state index < -0.39 is 0 Å². The molecular weight excluding hydrogens is 344 g/mol. The molecule has 1 saturated heterocycles. The Balaban J connectivity index is 1.44. The summed E-state index contributed by atoms with van der Waals surface area (Å²) in [5, 5.41) is 6.10. The molecule has 1 fully saturated rings. The fourth-order valence-electron chi connectivity index (χ4n) is 2.84. The Morgan fingerprint density at radius 1 is 0.963 bits per heavy atom. The van der Waals surface area contributed by atoms with Crippen LogP contribution in [0.4, 0.5) is 21.9 Å². The number of nitrogens with one attached hydrogen (secondary N) is 2. The zero-order valence-electron chi connectivity index (χ0n) is 15.1. The topological polar surface area (TPSA) is 81.8 Å². The molecule has 27 heavy (non-hydrogen) atoms. The molecule has 7 heteroatoms. The summed E-state index contributed by atoms with van der Waals surface area (Å²) in [6, 6.07) is 16.9. The number of carbonyl (C=O) groups excluding carboxylic acids is 3. The maximum Gasteiger partial charge on any atom is 0.326 e.